The van der Waals surface area contributed by atoms with Gasteiger partial charge in [-0.05, 0) is 42.0 Å². The van der Waals surface area contributed by atoms with E-state index in [9.17, 15) is 15.4 Å². The van der Waals surface area contributed by atoms with Crippen LogP contribution in [-0.4, -0.2) is 4.92 Å². The van der Waals surface area contributed by atoms with Gasteiger partial charge in [0.15, 0.2) is 0 Å². The number of furan rings is 1. The van der Waals surface area contributed by atoms with E-state index in [4.69, 9.17) is 21.3 Å². The molecule has 0 spiro atoms. The molecule has 1 aromatic heterocycles. The van der Waals surface area contributed by atoms with Crippen LogP contribution >= 0.6 is 11.6 Å². The first-order chi connectivity index (χ1) is 13.0. The van der Waals surface area contributed by atoms with Gasteiger partial charge >= 0.3 is 0 Å². The minimum absolute atomic E-state index is 0.0989. The zero-order valence-corrected chi connectivity index (χ0v) is 14.5. The van der Waals surface area contributed by atoms with Crippen molar-refractivity contribution in [2.45, 2.75) is 0 Å². The molecule has 0 aliphatic heterocycles. The molecule has 130 valence electrons. The van der Waals surface area contributed by atoms with Crippen molar-refractivity contribution in [2.75, 3.05) is 0 Å². The molecule has 2 aromatic carbocycles. The summed E-state index contributed by atoms with van der Waals surface area (Å²) in [6, 6.07) is 18.1. The Morgan fingerprint density at radius 3 is 2.48 bits per heavy atom. The molecule has 7 heteroatoms. The van der Waals surface area contributed by atoms with Gasteiger partial charge in [0.2, 0.25) is 0 Å². The predicted octanol–water partition coefficient (Wildman–Crippen LogP) is 5.44. The largest absolute Gasteiger partial charge is 0.457 e. The van der Waals surface area contributed by atoms with Crippen LogP contribution in [0.3, 0.4) is 0 Å². The predicted molar refractivity (Wildman–Crippen MR) is 100 cm³/mol. The van der Waals surface area contributed by atoms with E-state index in [1.54, 1.807) is 42.5 Å². The molecule has 3 aromatic rings. The van der Waals surface area contributed by atoms with Gasteiger partial charge in [0.25, 0.3) is 5.69 Å². The number of nitriles is 2. The molecule has 0 radical (unpaired) electrons. The molecule has 0 N–H and O–H groups in total. The van der Waals surface area contributed by atoms with E-state index in [0.717, 1.165) is 0 Å². The second-order valence-electron chi connectivity index (χ2n) is 5.48. The van der Waals surface area contributed by atoms with Gasteiger partial charge in [0, 0.05) is 17.7 Å². The van der Waals surface area contributed by atoms with E-state index in [0.29, 0.717) is 38.8 Å². The number of nitro groups is 1. The Hall–Kier alpha value is -3.87. The molecule has 0 aliphatic rings. The van der Waals surface area contributed by atoms with Gasteiger partial charge < -0.3 is 4.42 Å². The van der Waals surface area contributed by atoms with Crippen LogP contribution < -0.4 is 0 Å². The van der Waals surface area contributed by atoms with Crippen LogP contribution in [0, 0.1) is 32.8 Å². The van der Waals surface area contributed by atoms with Crippen LogP contribution in [0.5, 0.6) is 0 Å². The summed E-state index contributed by atoms with van der Waals surface area (Å²) in [4.78, 5) is 10.4. The Kier molecular flexibility index (Phi) is 5.03. The van der Waals surface area contributed by atoms with Crippen molar-refractivity contribution in [3.63, 3.8) is 0 Å². The van der Waals surface area contributed by atoms with Crippen LogP contribution in [0.2, 0.25) is 5.02 Å². The minimum Gasteiger partial charge on any atom is -0.457 e. The first kappa shape index (κ1) is 17.9. The minimum atomic E-state index is -0.512. The SMILES string of the molecule is N#C/C(=C/c1ccc(-c2cc([N+](=O)[O-])ccc2Cl)o1)c1ccc(C#N)cc1. The highest BCUT2D eigenvalue weighted by Crippen LogP contribution is 2.33. The maximum absolute atomic E-state index is 11.0. The molecule has 0 fully saturated rings. The smallest absolute Gasteiger partial charge is 0.270 e. The van der Waals surface area contributed by atoms with E-state index in [1.165, 1.54) is 18.2 Å². The van der Waals surface area contributed by atoms with E-state index in [2.05, 4.69) is 6.07 Å². The standard InChI is InChI=1S/C20H10ClN3O3/c21-19-7-5-16(24(25)26)10-18(19)20-8-6-17(27-20)9-15(12-23)14-3-1-13(11-22)2-4-14/h1-10H/b15-9-. The fourth-order valence-electron chi connectivity index (χ4n) is 2.44. The van der Waals surface area contributed by atoms with E-state index in [-0.39, 0.29) is 5.69 Å². The van der Waals surface area contributed by atoms with Crippen LogP contribution in [0.4, 0.5) is 5.69 Å². The highest BCUT2D eigenvalue weighted by molar-refractivity contribution is 6.33. The summed E-state index contributed by atoms with van der Waals surface area (Å²) < 4.78 is 5.70. The van der Waals surface area contributed by atoms with Crippen molar-refractivity contribution in [3.8, 4) is 23.5 Å². The summed E-state index contributed by atoms with van der Waals surface area (Å²) in [7, 11) is 0. The lowest BCUT2D eigenvalue weighted by molar-refractivity contribution is -0.384. The van der Waals surface area contributed by atoms with E-state index in [1.807, 2.05) is 6.07 Å². The quantitative estimate of drug-likeness (QED) is 0.343. The van der Waals surface area contributed by atoms with Crippen molar-refractivity contribution in [1.82, 2.24) is 0 Å². The van der Waals surface area contributed by atoms with Crippen LogP contribution in [-0.2, 0) is 0 Å². The highest BCUT2D eigenvalue weighted by atomic mass is 35.5. The van der Waals surface area contributed by atoms with E-state index >= 15 is 0 Å². The van der Waals surface area contributed by atoms with Crippen LogP contribution in [0.15, 0.2) is 59.0 Å². The highest BCUT2D eigenvalue weighted by Gasteiger charge is 2.14. The fourth-order valence-corrected chi connectivity index (χ4v) is 2.65. The summed E-state index contributed by atoms with van der Waals surface area (Å²) in [5, 5.41) is 29.5. The van der Waals surface area contributed by atoms with Gasteiger partial charge in [0.05, 0.1) is 33.2 Å². The molecule has 1 heterocycles. The Morgan fingerprint density at radius 1 is 1.11 bits per heavy atom. The molecular formula is C20H10ClN3O3. The van der Waals surface area contributed by atoms with Crippen LogP contribution in [0.1, 0.15) is 16.9 Å². The topological polar surface area (TPSA) is 104 Å². The third-order valence-electron chi connectivity index (χ3n) is 3.79. The molecule has 0 atom stereocenters. The lowest BCUT2D eigenvalue weighted by Gasteiger charge is -2.01. The molecule has 0 saturated heterocycles. The molecule has 0 bridgehead atoms. The fraction of sp³-hybridized carbons (Fsp3) is 0. The van der Waals surface area contributed by atoms with Gasteiger partial charge in [-0.2, -0.15) is 10.5 Å². The summed E-state index contributed by atoms with van der Waals surface area (Å²) in [5.41, 5.74) is 1.78. The van der Waals surface area contributed by atoms with Gasteiger partial charge in [-0.15, -0.1) is 0 Å². The van der Waals surface area contributed by atoms with Crippen molar-refractivity contribution in [1.29, 1.82) is 10.5 Å². The zero-order valence-electron chi connectivity index (χ0n) is 13.7. The first-order valence-corrected chi connectivity index (χ1v) is 8.06. The molecule has 0 amide bonds. The Bertz CT molecular complexity index is 1130. The lowest BCUT2D eigenvalue weighted by atomic mass is 10.0. The van der Waals surface area contributed by atoms with Crippen molar-refractivity contribution >= 4 is 28.9 Å². The third-order valence-corrected chi connectivity index (χ3v) is 4.11. The van der Waals surface area contributed by atoms with Gasteiger partial charge in [-0.1, -0.05) is 23.7 Å². The van der Waals surface area contributed by atoms with Crippen LogP contribution in [0.25, 0.3) is 23.0 Å². The molecule has 0 unspecified atom stereocenters. The number of allylic oxidation sites excluding steroid dienone is 1. The first-order valence-electron chi connectivity index (χ1n) is 7.68. The number of non-ortho nitro benzene ring substituents is 1. The number of rotatable bonds is 4. The normalized spacial score (nSPS) is 10.9. The summed E-state index contributed by atoms with van der Waals surface area (Å²) >= 11 is 6.13. The second kappa shape index (κ2) is 7.57. The number of nitro benzene ring substituents is 1. The molecule has 0 aliphatic carbocycles. The second-order valence-corrected chi connectivity index (χ2v) is 5.89. The molecule has 6 nitrogen and oxygen atoms in total. The molecular weight excluding hydrogens is 366 g/mol. The third kappa shape index (κ3) is 3.87. The van der Waals surface area contributed by atoms with E-state index < -0.39 is 4.92 Å². The van der Waals surface area contributed by atoms with Gasteiger partial charge in [-0.25, -0.2) is 0 Å². The maximum Gasteiger partial charge on any atom is 0.270 e. The Balaban J connectivity index is 1.96. The van der Waals surface area contributed by atoms with Crippen molar-refractivity contribution < 1.29 is 9.34 Å². The number of hydrogen-bond donors (Lipinski definition) is 0. The summed E-state index contributed by atoms with van der Waals surface area (Å²) in [6.45, 7) is 0. The van der Waals surface area contributed by atoms with Crippen molar-refractivity contribution in [2.24, 2.45) is 0 Å². The number of hydrogen-bond acceptors (Lipinski definition) is 5. The number of nitrogens with zero attached hydrogens (tertiary/aromatic N) is 3. The molecule has 0 saturated carbocycles. The maximum atomic E-state index is 11.0. The number of halogens is 1. The Morgan fingerprint density at radius 2 is 1.85 bits per heavy atom. The van der Waals surface area contributed by atoms with Crippen molar-refractivity contribution in [3.05, 3.63) is 86.6 Å². The molecule has 3 rings (SSSR count). The van der Waals surface area contributed by atoms with Gasteiger partial charge in [-0.3, -0.25) is 10.1 Å². The summed E-state index contributed by atoms with van der Waals surface area (Å²) in [6.07, 6.45) is 1.55. The number of benzene rings is 2. The summed E-state index contributed by atoms with van der Waals surface area (Å²) in [5.74, 6) is 0.751. The monoisotopic (exact) mass is 375 g/mol. The molecule has 27 heavy (non-hydrogen) atoms. The average Bonchev–Trinajstić information content (AvgIpc) is 3.14. The Labute approximate surface area is 159 Å². The van der Waals surface area contributed by atoms with Gasteiger partial charge in [0.1, 0.15) is 11.5 Å². The zero-order chi connectivity index (χ0) is 19.4. The average molecular weight is 376 g/mol. The lowest BCUT2D eigenvalue weighted by Crippen LogP contribution is -1.88.